The lowest BCUT2D eigenvalue weighted by Crippen LogP contribution is -2.27. The zero-order valence-corrected chi connectivity index (χ0v) is 18.3. The Kier molecular flexibility index (Phi) is 16.7. The summed E-state index contributed by atoms with van der Waals surface area (Å²) in [6.45, 7) is 5.11. The van der Waals surface area contributed by atoms with E-state index in [0.717, 1.165) is 24.8 Å². The van der Waals surface area contributed by atoms with E-state index in [-0.39, 0.29) is 25.0 Å². The smallest absolute Gasteiger partial charge is 0.118 e. The normalized spacial score (nSPS) is 16.6. The molecule has 5 heteroatoms. The maximum atomic E-state index is 10.0. The molecule has 5 atom stereocenters. The molecule has 5 unspecified atom stereocenters. The van der Waals surface area contributed by atoms with E-state index in [1.807, 2.05) is 20.8 Å². The zero-order chi connectivity index (χ0) is 22.1. The summed E-state index contributed by atoms with van der Waals surface area (Å²) in [5.41, 5.74) is 1.11. The first-order valence-corrected chi connectivity index (χ1v) is 10.6. The van der Waals surface area contributed by atoms with Crippen molar-refractivity contribution in [1.82, 2.24) is 0 Å². The lowest BCUT2D eigenvalue weighted by Gasteiger charge is -2.24. The molecule has 0 bridgehead atoms. The van der Waals surface area contributed by atoms with Crippen LogP contribution in [-0.4, -0.2) is 57.1 Å². The van der Waals surface area contributed by atoms with Crippen LogP contribution in [0.1, 0.15) is 72.1 Å². The molecule has 0 aromatic carbocycles. The van der Waals surface area contributed by atoms with Crippen LogP contribution in [0.4, 0.5) is 0 Å². The Morgan fingerprint density at radius 2 is 1.62 bits per heavy atom. The van der Waals surface area contributed by atoms with E-state index in [4.69, 9.17) is 5.11 Å². The molecule has 0 aromatic rings. The summed E-state index contributed by atoms with van der Waals surface area (Å²) in [7, 11) is 0. The van der Waals surface area contributed by atoms with Crippen molar-refractivity contribution in [3.8, 4) is 23.7 Å². The summed E-state index contributed by atoms with van der Waals surface area (Å²) in [4.78, 5) is 0. The third-order valence-corrected chi connectivity index (χ3v) is 5.17. The molecule has 0 saturated carbocycles. The minimum absolute atomic E-state index is 0.0614. The van der Waals surface area contributed by atoms with Crippen molar-refractivity contribution in [3.05, 3.63) is 11.6 Å². The highest BCUT2D eigenvalue weighted by Gasteiger charge is 2.21. The molecule has 0 aromatic heterocycles. The highest BCUT2D eigenvalue weighted by atomic mass is 16.3. The molecule has 5 nitrogen and oxygen atoms in total. The molecule has 0 aliphatic heterocycles. The third kappa shape index (κ3) is 14.3. The van der Waals surface area contributed by atoms with Crippen LogP contribution in [-0.2, 0) is 0 Å². The Labute approximate surface area is 176 Å². The maximum Gasteiger partial charge on any atom is 0.118 e. The Balaban J connectivity index is 4.32. The van der Waals surface area contributed by atoms with Crippen LogP contribution in [0.2, 0.25) is 0 Å². The second kappa shape index (κ2) is 17.5. The van der Waals surface area contributed by atoms with Gasteiger partial charge in [0.25, 0.3) is 0 Å². The average molecular weight is 409 g/mol. The second-order valence-corrected chi connectivity index (χ2v) is 7.76. The molecule has 0 radical (unpaired) electrons. The van der Waals surface area contributed by atoms with Gasteiger partial charge < -0.3 is 25.5 Å². The van der Waals surface area contributed by atoms with Gasteiger partial charge in [-0.2, -0.15) is 0 Å². The van der Waals surface area contributed by atoms with Gasteiger partial charge in [0.05, 0.1) is 25.4 Å². The van der Waals surface area contributed by atoms with Gasteiger partial charge in [-0.15, -0.1) is 17.8 Å². The summed E-state index contributed by atoms with van der Waals surface area (Å²) in [5.74, 6) is 11.6. The van der Waals surface area contributed by atoms with Crippen molar-refractivity contribution in [2.24, 2.45) is 11.8 Å². The molecule has 0 heterocycles. The predicted octanol–water partition coefficient (Wildman–Crippen LogP) is 2.40. The van der Waals surface area contributed by atoms with Gasteiger partial charge in [0.15, 0.2) is 0 Å². The minimum Gasteiger partial charge on any atom is -0.394 e. The van der Waals surface area contributed by atoms with Crippen molar-refractivity contribution in [2.75, 3.05) is 13.2 Å². The van der Waals surface area contributed by atoms with Crippen molar-refractivity contribution in [1.29, 1.82) is 0 Å². The first-order valence-electron chi connectivity index (χ1n) is 10.6. The lowest BCUT2D eigenvalue weighted by atomic mass is 9.87. The maximum absolute atomic E-state index is 10.0. The number of allylic oxidation sites excluding steroid dienone is 1. The van der Waals surface area contributed by atoms with Gasteiger partial charge >= 0.3 is 0 Å². The molecule has 166 valence electrons. The van der Waals surface area contributed by atoms with Crippen molar-refractivity contribution in [3.63, 3.8) is 0 Å². The molecule has 5 N–H and O–H groups in total. The van der Waals surface area contributed by atoms with Crippen LogP contribution in [0.5, 0.6) is 0 Å². The molecule has 0 aliphatic rings. The first kappa shape index (κ1) is 27.7. The van der Waals surface area contributed by atoms with Crippen LogP contribution >= 0.6 is 0 Å². The van der Waals surface area contributed by atoms with Gasteiger partial charge in [0, 0.05) is 19.3 Å². The second-order valence-electron chi connectivity index (χ2n) is 7.76. The van der Waals surface area contributed by atoms with Gasteiger partial charge in [-0.25, -0.2) is 0 Å². The van der Waals surface area contributed by atoms with Crippen molar-refractivity contribution in [2.45, 2.75) is 90.4 Å². The van der Waals surface area contributed by atoms with Crippen LogP contribution in [0.15, 0.2) is 11.6 Å². The predicted molar refractivity (Wildman–Crippen MR) is 117 cm³/mol. The Hall–Kier alpha value is -1.34. The van der Waals surface area contributed by atoms with Crippen molar-refractivity contribution >= 4 is 0 Å². The summed E-state index contributed by atoms with van der Waals surface area (Å²) >= 11 is 0. The van der Waals surface area contributed by atoms with E-state index >= 15 is 0 Å². The van der Waals surface area contributed by atoms with Gasteiger partial charge in [-0.3, -0.25) is 0 Å². The van der Waals surface area contributed by atoms with Crippen LogP contribution in [0.25, 0.3) is 0 Å². The standard InChI is InChI=1S/C24H40O5/c1-4-5-6-8-11-19(2)16-22(27)13-10-7-9-12-21(24(29)18-26)15-14-20(3)23(28)17-25/h11,20-29H,6-9,12,14-18H2,1-3H3/b19-11+. The average Bonchev–Trinajstić information content (AvgIpc) is 2.71. The topological polar surface area (TPSA) is 101 Å². The van der Waals surface area contributed by atoms with Gasteiger partial charge in [-0.1, -0.05) is 24.5 Å². The van der Waals surface area contributed by atoms with E-state index in [0.29, 0.717) is 32.1 Å². The van der Waals surface area contributed by atoms with E-state index in [2.05, 4.69) is 29.8 Å². The van der Waals surface area contributed by atoms with Crippen molar-refractivity contribution < 1.29 is 25.5 Å². The summed E-state index contributed by atoms with van der Waals surface area (Å²) in [6, 6.07) is 0. The number of unbranched alkanes of at least 4 members (excludes halogenated alkanes) is 2. The SMILES string of the molecule is CC#CCC/C=C(\C)CC(O)C#CCCCC(CCC(C)C(O)CO)C(O)CO. The fourth-order valence-electron chi connectivity index (χ4n) is 3.13. The number of rotatable bonds is 14. The highest BCUT2D eigenvalue weighted by Crippen LogP contribution is 2.23. The highest BCUT2D eigenvalue weighted by molar-refractivity contribution is 5.11. The van der Waals surface area contributed by atoms with Gasteiger partial charge in [-0.05, 0) is 57.8 Å². The van der Waals surface area contributed by atoms with Gasteiger partial charge in [0.2, 0.25) is 0 Å². The lowest BCUT2D eigenvalue weighted by molar-refractivity contribution is 0.0237. The molecule has 0 fully saturated rings. The number of aliphatic hydroxyl groups excluding tert-OH is 5. The Morgan fingerprint density at radius 1 is 0.931 bits per heavy atom. The summed E-state index contributed by atoms with van der Waals surface area (Å²) < 4.78 is 0. The summed E-state index contributed by atoms with van der Waals surface area (Å²) in [6.07, 6.45) is 5.54. The van der Waals surface area contributed by atoms with Crippen LogP contribution < -0.4 is 0 Å². The molecular weight excluding hydrogens is 368 g/mol. The largest absolute Gasteiger partial charge is 0.394 e. The third-order valence-electron chi connectivity index (χ3n) is 5.17. The monoisotopic (exact) mass is 408 g/mol. The summed E-state index contributed by atoms with van der Waals surface area (Å²) in [5, 5.41) is 48.0. The fourth-order valence-corrected chi connectivity index (χ4v) is 3.13. The molecule has 0 spiro atoms. The van der Waals surface area contributed by atoms with E-state index in [1.165, 1.54) is 0 Å². The molecular formula is C24H40O5. The number of hydrogen-bond acceptors (Lipinski definition) is 5. The molecule has 0 aliphatic carbocycles. The Bertz CT molecular complexity index is 563. The quantitative estimate of drug-likeness (QED) is 0.173. The van der Waals surface area contributed by atoms with Gasteiger partial charge in [0.1, 0.15) is 6.10 Å². The first-order chi connectivity index (χ1) is 13.8. The Morgan fingerprint density at radius 3 is 2.24 bits per heavy atom. The van der Waals surface area contributed by atoms with E-state index < -0.39 is 18.3 Å². The minimum atomic E-state index is -0.794. The van der Waals surface area contributed by atoms with Crippen LogP contribution in [0.3, 0.4) is 0 Å². The number of aliphatic hydroxyl groups is 5. The molecule has 0 amide bonds. The number of hydrogen-bond donors (Lipinski definition) is 5. The van der Waals surface area contributed by atoms with Crippen LogP contribution in [0, 0.1) is 35.5 Å². The fraction of sp³-hybridized carbons (Fsp3) is 0.750. The molecule has 0 rings (SSSR count). The molecule has 29 heavy (non-hydrogen) atoms. The zero-order valence-electron chi connectivity index (χ0n) is 18.3. The van der Waals surface area contributed by atoms with E-state index in [9.17, 15) is 20.4 Å². The molecule has 0 saturated heterocycles. The van der Waals surface area contributed by atoms with E-state index in [1.54, 1.807) is 0 Å².